The second-order valence-electron chi connectivity index (χ2n) is 10.8. The van der Waals surface area contributed by atoms with Gasteiger partial charge in [-0.05, 0) is 62.0 Å². The maximum atomic E-state index is 13.7. The molecule has 33 heavy (non-hydrogen) atoms. The number of Topliss-reactive ketones (excluding diaryl/α,β-unsaturated/α-hetero) is 1. The summed E-state index contributed by atoms with van der Waals surface area (Å²) in [6.07, 6.45) is 15.0. The molecule has 4 aliphatic carbocycles. The van der Waals surface area contributed by atoms with Crippen LogP contribution in [-0.4, -0.2) is 34.1 Å². The molecule has 2 fully saturated rings. The molecule has 0 aromatic carbocycles. The van der Waals surface area contributed by atoms with Crippen molar-refractivity contribution in [3.63, 3.8) is 0 Å². The van der Waals surface area contributed by atoms with Crippen LogP contribution < -0.4 is 0 Å². The van der Waals surface area contributed by atoms with E-state index in [1.807, 2.05) is 12.3 Å². The normalized spacial score (nSPS) is 39.2. The second-order valence-corrected chi connectivity index (χ2v) is 10.8. The van der Waals surface area contributed by atoms with Crippen LogP contribution in [0, 0.1) is 28.1 Å². The Morgan fingerprint density at radius 1 is 1.27 bits per heavy atom. The van der Waals surface area contributed by atoms with E-state index >= 15 is 0 Å². The molecule has 0 aliphatic heterocycles. The van der Waals surface area contributed by atoms with Gasteiger partial charge in [0.05, 0.1) is 6.33 Å². The number of carbonyl (C=O) groups is 3. The Kier molecular flexibility index (Phi) is 4.93. The number of esters is 1. The number of hydrogen-bond donors (Lipinski definition) is 1. The van der Waals surface area contributed by atoms with Crippen molar-refractivity contribution in [2.75, 3.05) is 6.61 Å². The number of hydrogen-bond acceptors (Lipinski definition) is 5. The van der Waals surface area contributed by atoms with Gasteiger partial charge in [-0.15, -0.1) is 0 Å². The third-order valence-electron chi connectivity index (χ3n) is 9.59. The Morgan fingerprint density at radius 2 is 2.06 bits per heavy atom. The fraction of sp³-hybridized carbons (Fsp3) is 0.556. The molecule has 6 atom stereocenters. The number of rotatable bonds is 4. The highest BCUT2D eigenvalue weighted by Gasteiger charge is 2.67. The highest BCUT2D eigenvalue weighted by atomic mass is 16.5. The Bertz CT molecular complexity index is 1110. The van der Waals surface area contributed by atoms with Gasteiger partial charge in [-0.1, -0.05) is 37.1 Å². The number of allylic oxidation sites excluding steroid dienone is 6. The minimum atomic E-state index is -0.697. The van der Waals surface area contributed by atoms with Crippen molar-refractivity contribution in [1.29, 1.82) is 0 Å². The minimum Gasteiger partial charge on any atom is -0.458 e. The molecule has 0 amide bonds. The summed E-state index contributed by atoms with van der Waals surface area (Å²) in [7, 11) is 0. The highest BCUT2D eigenvalue weighted by Crippen LogP contribution is 2.71. The van der Waals surface area contributed by atoms with Gasteiger partial charge in [0.2, 0.25) is 0 Å². The standard InChI is InChI=1S/C27H32N2O4/c1-16(30)33-14-24(32)27(4)22(23-13-28-15-29-23)12-21-19-6-5-17-11-18(31)7-9-25(17,2)20(19)8-10-26(21,27)3/h7-9,11,13,15,19,21-22H,5-6,10,12,14H2,1-4H3,(H,28,29). The molecular formula is C27H32N2O4. The van der Waals surface area contributed by atoms with Gasteiger partial charge in [0.25, 0.3) is 0 Å². The molecule has 1 aromatic rings. The molecule has 1 heterocycles. The molecule has 0 radical (unpaired) electrons. The maximum Gasteiger partial charge on any atom is 0.303 e. The first-order valence-corrected chi connectivity index (χ1v) is 11.9. The van der Waals surface area contributed by atoms with Crippen LogP contribution in [-0.2, 0) is 19.1 Å². The van der Waals surface area contributed by atoms with E-state index in [1.54, 1.807) is 12.4 Å². The van der Waals surface area contributed by atoms with E-state index in [4.69, 9.17) is 4.74 Å². The van der Waals surface area contributed by atoms with Gasteiger partial charge < -0.3 is 9.72 Å². The fourth-order valence-corrected chi connectivity index (χ4v) is 7.52. The van der Waals surface area contributed by atoms with Gasteiger partial charge in [-0.3, -0.25) is 14.4 Å². The summed E-state index contributed by atoms with van der Waals surface area (Å²) in [5, 5.41) is 0. The van der Waals surface area contributed by atoms with Crippen LogP contribution in [0.3, 0.4) is 0 Å². The fourth-order valence-electron chi connectivity index (χ4n) is 7.52. The molecule has 1 aromatic heterocycles. The van der Waals surface area contributed by atoms with Crippen molar-refractivity contribution in [3.8, 4) is 0 Å². The number of H-pyrrole nitrogens is 1. The lowest BCUT2D eigenvalue weighted by Gasteiger charge is -2.54. The molecule has 0 saturated heterocycles. The molecule has 5 rings (SSSR count). The molecule has 4 aliphatic rings. The van der Waals surface area contributed by atoms with Crippen molar-refractivity contribution in [2.45, 2.75) is 59.3 Å². The molecule has 2 saturated carbocycles. The summed E-state index contributed by atoms with van der Waals surface area (Å²) in [6.45, 7) is 7.69. The summed E-state index contributed by atoms with van der Waals surface area (Å²) in [4.78, 5) is 44.8. The predicted octanol–water partition coefficient (Wildman–Crippen LogP) is 4.47. The zero-order valence-corrected chi connectivity index (χ0v) is 19.8. The molecule has 174 valence electrons. The molecule has 0 bridgehead atoms. The molecule has 1 N–H and O–H groups in total. The monoisotopic (exact) mass is 448 g/mol. The Morgan fingerprint density at radius 3 is 2.76 bits per heavy atom. The van der Waals surface area contributed by atoms with Gasteiger partial charge in [0, 0.05) is 35.6 Å². The lowest BCUT2D eigenvalue weighted by atomic mass is 9.49. The molecule has 6 nitrogen and oxygen atoms in total. The van der Waals surface area contributed by atoms with Crippen LogP contribution in [0.4, 0.5) is 0 Å². The van der Waals surface area contributed by atoms with Crippen molar-refractivity contribution >= 4 is 17.5 Å². The van der Waals surface area contributed by atoms with Crippen molar-refractivity contribution in [3.05, 3.63) is 53.7 Å². The van der Waals surface area contributed by atoms with E-state index in [1.165, 1.54) is 18.1 Å². The summed E-state index contributed by atoms with van der Waals surface area (Å²) >= 11 is 0. The number of fused-ring (bicyclic) bond motifs is 5. The van der Waals surface area contributed by atoms with Crippen molar-refractivity contribution in [2.24, 2.45) is 28.1 Å². The van der Waals surface area contributed by atoms with Gasteiger partial charge >= 0.3 is 5.97 Å². The van der Waals surface area contributed by atoms with Crippen LogP contribution >= 0.6 is 0 Å². The maximum absolute atomic E-state index is 13.7. The van der Waals surface area contributed by atoms with Crippen LogP contribution in [0.2, 0.25) is 0 Å². The quantitative estimate of drug-likeness (QED) is 0.542. The Labute approximate surface area is 194 Å². The van der Waals surface area contributed by atoms with E-state index in [9.17, 15) is 14.4 Å². The average Bonchev–Trinajstić information content (AvgIpc) is 3.38. The first-order chi connectivity index (χ1) is 15.6. The Hall–Kier alpha value is -2.76. The van der Waals surface area contributed by atoms with E-state index in [-0.39, 0.29) is 34.9 Å². The van der Waals surface area contributed by atoms with E-state index in [2.05, 4.69) is 42.9 Å². The largest absolute Gasteiger partial charge is 0.458 e. The van der Waals surface area contributed by atoms with E-state index in [0.717, 1.165) is 31.4 Å². The smallest absolute Gasteiger partial charge is 0.303 e. The van der Waals surface area contributed by atoms with Gasteiger partial charge in [0.15, 0.2) is 18.2 Å². The highest BCUT2D eigenvalue weighted by molar-refractivity contribution is 6.01. The minimum absolute atomic E-state index is 0.0232. The number of ketones is 2. The van der Waals surface area contributed by atoms with E-state index in [0.29, 0.717) is 11.8 Å². The summed E-state index contributed by atoms with van der Waals surface area (Å²) in [5.41, 5.74) is 2.38. The lowest BCUT2D eigenvalue weighted by Crippen LogP contribution is -2.51. The van der Waals surface area contributed by atoms with Crippen LogP contribution in [0.25, 0.3) is 0 Å². The van der Waals surface area contributed by atoms with Crippen LogP contribution in [0.5, 0.6) is 0 Å². The number of imidazole rings is 1. The average molecular weight is 449 g/mol. The lowest BCUT2D eigenvalue weighted by molar-refractivity contribution is -0.152. The van der Waals surface area contributed by atoms with Gasteiger partial charge in [0.1, 0.15) is 0 Å². The van der Waals surface area contributed by atoms with E-state index < -0.39 is 11.4 Å². The SMILES string of the molecule is CC(=O)OCC(=O)C1(C)C(c2cnc[nH]2)CC2C3CCC4=CC(=O)C=CC4(C)C3=CCC21C. The number of carbonyl (C=O) groups excluding carboxylic acids is 3. The zero-order chi connectivity index (χ0) is 23.6. The molecular weight excluding hydrogens is 416 g/mol. The first-order valence-electron chi connectivity index (χ1n) is 11.9. The number of aromatic amines is 1. The topological polar surface area (TPSA) is 89.1 Å². The Balaban J connectivity index is 1.58. The molecule has 6 heteroatoms. The van der Waals surface area contributed by atoms with Crippen LogP contribution in [0.1, 0.15) is 65.0 Å². The van der Waals surface area contributed by atoms with Crippen molar-refractivity contribution in [1.82, 2.24) is 9.97 Å². The third kappa shape index (κ3) is 2.99. The summed E-state index contributed by atoms with van der Waals surface area (Å²) in [6, 6.07) is 0. The number of nitrogens with one attached hydrogen (secondary N) is 1. The number of ether oxygens (including phenoxy) is 1. The van der Waals surface area contributed by atoms with Gasteiger partial charge in [-0.25, -0.2) is 4.98 Å². The van der Waals surface area contributed by atoms with Gasteiger partial charge in [-0.2, -0.15) is 0 Å². The summed E-state index contributed by atoms with van der Waals surface area (Å²) in [5.74, 6) is 0.239. The van der Waals surface area contributed by atoms with Crippen molar-refractivity contribution < 1.29 is 19.1 Å². The second kappa shape index (κ2) is 7.37. The predicted molar refractivity (Wildman–Crippen MR) is 123 cm³/mol. The first kappa shape index (κ1) is 22.1. The molecule has 6 unspecified atom stereocenters. The number of aromatic nitrogens is 2. The molecule has 0 spiro atoms. The zero-order valence-electron chi connectivity index (χ0n) is 19.8. The summed E-state index contributed by atoms with van der Waals surface area (Å²) < 4.78 is 5.20. The third-order valence-corrected chi connectivity index (χ3v) is 9.59. The number of nitrogens with zero attached hydrogens (tertiary/aromatic N) is 1. The van der Waals surface area contributed by atoms with Crippen LogP contribution in [0.15, 0.2) is 48.0 Å².